The summed E-state index contributed by atoms with van der Waals surface area (Å²) in [4.78, 5) is 11.8. The fraction of sp³-hybridized carbons (Fsp3) is 0.533. The largest absolute Gasteiger partial charge is 0.396 e. The third-order valence-corrected chi connectivity index (χ3v) is 3.70. The Labute approximate surface area is 108 Å². The minimum atomic E-state index is -0.420. The summed E-state index contributed by atoms with van der Waals surface area (Å²) in [6.45, 7) is 4.20. The van der Waals surface area contributed by atoms with Gasteiger partial charge in [-0.3, -0.25) is 4.79 Å². The number of hydrogen-bond acceptors (Lipinski definition) is 2. The summed E-state index contributed by atoms with van der Waals surface area (Å²) in [5.74, 6) is 0.0786. The molecule has 2 N–H and O–H groups in total. The van der Waals surface area contributed by atoms with Crippen LogP contribution in [0.1, 0.15) is 44.2 Å². The number of rotatable bonds is 5. The number of carbonyl (C=O) groups is 1. The van der Waals surface area contributed by atoms with E-state index in [2.05, 4.69) is 17.4 Å². The van der Waals surface area contributed by atoms with Crippen LogP contribution in [0.25, 0.3) is 0 Å². The van der Waals surface area contributed by atoms with Crippen LogP contribution in [0, 0.1) is 0 Å². The van der Waals surface area contributed by atoms with Gasteiger partial charge in [0, 0.05) is 12.3 Å². The molecule has 1 aromatic carbocycles. The van der Waals surface area contributed by atoms with E-state index in [1.165, 1.54) is 5.56 Å². The van der Waals surface area contributed by atoms with Crippen molar-refractivity contribution in [1.29, 1.82) is 0 Å². The summed E-state index contributed by atoms with van der Waals surface area (Å²) < 4.78 is 0. The van der Waals surface area contributed by atoms with Gasteiger partial charge in [-0.1, -0.05) is 18.6 Å². The molecule has 0 radical (unpaired) electrons. The molecule has 0 saturated carbocycles. The van der Waals surface area contributed by atoms with Gasteiger partial charge in [0.15, 0.2) is 0 Å². The van der Waals surface area contributed by atoms with Gasteiger partial charge in [0.25, 0.3) is 0 Å². The second-order valence-corrected chi connectivity index (χ2v) is 5.49. The van der Waals surface area contributed by atoms with Gasteiger partial charge >= 0.3 is 0 Å². The highest BCUT2D eigenvalue weighted by atomic mass is 16.2. The van der Waals surface area contributed by atoms with Crippen LogP contribution in [0.5, 0.6) is 0 Å². The summed E-state index contributed by atoms with van der Waals surface area (Å²) in [5.41, 5.74) is 2.91. The van der Waals surface area contributed by atoms with Crippen molar-refractivity contribution in [1.82, 2.24) is 0 Å². The molecule has 0 bridgehead atoms. The maximum Gasteiger partial charge on any atom is 0.234 e. The molecule has 1 aliphatic heterocycles. The first-order chi connectivity index (χ1) is 8.55. The zero-order valence-corrected chi connectivity index (χ0v) is 11.1. The molecule has 0 unspecified atom stereocenters. The number of benzene rings is 1. The third kappa shape index (κ3) is 2.41. The lowest BCUT2D eigenvalue weighted by atomic mass is 9.85. The highest BCUT2D eigenvalue weighted by molar-refractivity contribution is 6.05. The minimum absolute atomic E-state index is 0.0786. The van der Waals surface area contributed by atoms with Crippen LogP contribution in [0.15, 0.2) is 18.2 Å². The van der Waals surface area contributed by atoms with Gasteiger partial charge in [-0.25, -0.2) is 0 Å². The number of aliphatic hydroxyl groups is 1. The monoisotopic (exact) mass is 247 g/mol. The molecule has 0 saturated heterocycles. The van der Waals surface area contributed by atoms with Crippen LogP contribution >= 0.6 is 0 Å². The predicted molar refractivity (Wildman–Crippen MR) is 72.7 cm³/mol. The molecule has 1 heterocycles. The maximum absolute atomic E-state index is 11.8. The van der Waals surface area contributed by atoms with E-state index < -0.39 is 5.41 Å². The zero-order valence-electron chi connectivity index (χ0n) is 11.1. The Morgan fingerprint density at radius 3 is 2.72 bits per heavy atom. The van der Waals surface area contributed by atoms with Gasteiger partial charge in [0.05, 0.1) is 5.41 Å². The van der Waals surface area contributed by atoms with Crippen molar-refractivity contribution in [2.24, 2.45) is 0 Å². The van der Waals surface area contributed by atoms with E-state index in [0.717, 1.165) is 36.9 Å². The average Bonchev–Trinajstić information content (AvgIpc) is 2.57. The first kappa shape index (κ1) is 13.1. The van der Waals surface area contributed by atoms with Crippen LogP contribution < -0.4 is 5.32 Å². The van der Waals surface area contributed by atoms with Crippen LogP contribution in [0.3, 0.4) is 0 Å². The van der Waals surface area contributed by atoms with Crippen LogP contribution in [0.2, 0.25) is 0 Å². The number of carbonyl (C=O) groups excluding carboxylic acids is 1. The van der Waals surface area contributed by atoms with Gasteiger partial charge in [-0.15, -0.1) is 0 Å². The van der Waals surface area contributed by atoms with Crippen molar-refractivity contribution >= 4 is 11.6 Å². The van der Waals surface area contributed by atoms with Crippen molar-refractivity contribution in [2.45, 2.75) is 44.9 Å². The Bertz CT molecular complexity index is 452. The SMILES string of the molecule is CC1(C)C(=O)Nc2ccc(CCCCCO)cc21. The minimum Gasteiger partial charge on any atom is -0.396 e. The van der Waals surface area contributed by atoms with Crippen molar-refractivity contribution < 1.29 is 9.90 Å². The van der Waals surface area contributed by atoms with Crippen molar-refractivity contribution in [3.8, 4) is 0 Å². The Morgan fingerprint density at radius 1 is 1.22 bits per heavy atom. The van der Waals surface area contributed by atoms with E-state index in [0.29, 0.717) is 0 Å². The first-order valence-corrected chi connectivity index (χ1v) is 6.61. The molecule has 0 aliphatic carbocycles. The second-order valence-electron chi connectivity index (χ2n) is 5.49. The van der Waals surface area contributed by atoms with E-state index in [-0.39, 0.29) is 12.5 Å². The molecule has 1 aliphatic rings. The lowest BCUT2D eigenvalue weighted by Gasteiger charge is -2.15. The molecule has 0 spiro atoms. The number of hydrogen-bond donors (Lipinski definition) is 2. The van der Waals surface area contributed by atoms with Gasteiger partial charge in [-0.05, 0) is 50.3 Å². The topological polar surface area (TPSA) is 49.3 Å². The van der Waals surface area contributed by atoms with E-state index in [1.807, 2.05) is 19.9 Å². The number of aryl methyl sites for hydroxylation is 1. The molecule has 0 aromatic heterocycles. The summed E-state index contributed by atoms with van der Waals surface area (Å²) in [5, 5.41) is 11.7. The molecule has 3 nitrogen and oxygen atoms in total. The Morgan fingerprint density at radius 2 is 2.00 bits per heavy atom. The molecule has 3 heteroatoms. The number of unbranched alkanes of at least 4 members (excludes halogenated alkanes) is 2. The Balaban J connectivity index is 2.09. The summed E-state index contributed by atoms with van der Waals surface area (Å²) in [6.07, 6.45) is 4.02. The number of nitrogens with one attached hydrogen (secondary N) is 1. The van der Waals surface area contributed by atoms with E-state index in [1.54, 1.807) is 0 Å². The number of amides is 1. The Hall–Kier alpha value is -1.35. The molecular weight excluding hydrogens is 226 g/mol. The van der Waals surface area contributed by atoms with Crippen LogP contribution in [0.4, 0.5) is 5.69 Å². The molecule has 0 fully saturated rings. The highest BCUT2D eigenvalue weighted by Gasteiger charge is 2.38. The number of anilines is 1. The molecule has 0 atom stereocenters. The standard InChI is InChI=1S/C15H21NO2/c1-15(2)12-10-11(6-4-3-5-9-17)7-8-13(12)16-14(15)18/h7-8,10,17H,3-6,9H2,1-2H3,(H,16,18). The fourth-order valence-corrected chi connectivity index (χ4v) is 2.39. The normalized spacial score (nSPS) is 16.5. The molecule has 1 amide bonds. The van der Waals surface area contributed by atoms with Gasteiger partial charge in [0.1, 0.15) is 0 Å². The summed E-state index contributed by atoms with van der Waals surface area (Å²) >= 11 is 0. The van der Waals surface area contributed by atoms with E-state index in [4.69, 9.17) is 5.11 Å². The molecular formula is C15H21NO2. The lowest BCUT2D eigenvalue weighted by molar-refractivity contribution is -0.119. The Kier molecular flexibility index (Phi) is 3.71. The zero-order chi connectivity index (χ0) is 13.2. The van der Waals surface area contributed by atoms with Gasteiger partial charge in [-0.2, -0.15) is 0 Å². The lowest BCUT2D eigenvalue weighted by Crippen LogP contribution is -2.26. The van der Waals surface area contributed by atoms with Crippen molar-refractivity contribution in [2.75, 3.05) is 11.9 Å². The third-order valence-electron chi connectivity index (χ3n) is 3.70. The predicted octanol–water partition coefficient (Wildman–Crippen LogP) is 2.62. The fourth-order valence-electron chi connectivity index (χ4n) is 2.39. The van der Waals surface area contributed by atoms with E-state index >= 15 is 0 Å². The van der Waals surface area contributed by atoms with Gasteiger partial charge in [0.2, 0.25) is 5.91 Å². The summed E-state index contributed by atoms with van der Waals surface area (Å²) in [7, 11) is 0. The molecule has 98 valence electrons. The second kappa shape index (κ2) is 5.11. The first-order valence-electron chi connectivity index (χ1n) is 6.61. The molecule has 2 rings (SSSR count). The van der Waals surface area contributed by atoms with Crippen LogP contribution in [-0.4, -0.2) is 17.6 Å². The average molecular weight is 247 g/mol. The van der Waals surface area contributed by atoms with Crippen molar-refractivity contribution in [3.63, 3.8) is 0 Å². The number of fused-ring (bicyclic) bond motifs is 1. The number of aliphatic hydroxyl groups excluding tert-OH is 1. The van der Waals surface area contributed by atoms with Gasteiger partial charge < -0.3 is 10.4 Å². The van der Waals surface area contributed by atoms with E-state index in [9.17, 15) is 4.79 Å². The maximum atomic E-state index is 11.8. The van der Waals surface area contributed by atoms with Crippen molar-refractivity contribution in [3.05, 3.63) is 29.3 Å². The quantitative estimate of drug-likeness (QED) is 0.786. The molecule has 1 aromatic rings. The highest BCUT2D eigenvalue weighted by Crippen LogP contribution is 2.37. The van der Waals surface area contributed by atoms with Crippen LogP contribution in [-0.2, 0) is 16.6 Å². The smallest absolute Gasteiger partial charge is 0.234 e. The molecule has 18 heavy (non-hydrogen) atoms. The summed E-state index contributed by atoms with van der Waals surface area (Å²) in [6, 6.07) is 6.23.